The van der Waals surface area contributed by atoms with Gasteiger partial charge in [-0.3, -0.25) is 14.6 Å². The van der Waals surface area contributed by atoms with Crippen LogP contribution in [-0.2, 0) is 14.3 Å². The van der Waals surface area contributed by atoms with Gasteiger partial charge in [0.1, 0.15) is 37.3 Å². The number of morpholine rings is 1. The molecule has 41 heavy (non-hydrogen) atoms. The molecule has 0 unspecified atom stereocenters. The fraction of sp³-hybridized carbons (Fsp3) is 0.483. The van der Waals surface area contributed by atoms with Gasteiger partial charge in [0.05, 0.1) is 30.3 Å². The van der Waals surface area contributed by atoms with E-state index in [-0.39, 0.29) is 17.1 Å². The summed E-state index contributed by atoms with van der Waals surface area (Å²) < 4.78 is 36.9. The van der Waals surface area contributed by atoms with E-state index in [1.54, 1.807) is 6.07 Å². The van der Waals surface area contributed by atoms with Gasteiger partial charge in [-0.05, 0) is 50.2 Å². The van der Waals surface area contributed by atoms with Crippen LogP contribution in [0.1, 0.15) is 19.3 Å². The Kier molecular flexibility index (Phi) is 8.66. The quantitative estimate of drug-likeness (QED) is 0.371. The molecule has 218 valence electrons. The molecule has 3 fully saturated rings. The zero-order valence-electron chi connectivity index (χ0n) is 22.7. The van der Waals surface area contributed by atoms with Crippen molar-refractivity contribution in [3.8, 4) is 11.5 Å². The fourth-order valence-corrected chi connectivity index (χ4v) is 5.72. The number of hydrogen-bond acceptors (Lipinski definition) is 10. The van der Waals surface area contributed by atoms with E-state index in [0.29, 0.717) is 67.5 Å². The number of piperidine rings is 1. The van der Waals surface area contributed by atoms with Crippen LogP contribution in [0, 0.1) is 5.82 Å². The van der Waals surface area contributed by atoms with Gasteiger partial charge in [-0.15, -0.1) is 0 Å². The molecule has 3 aromatic rings. The Morgan fingerprint density at radius 3 is 2.73 bits per heavy atom. The predicted molar refractivity (Wildman–Crippen MR) is 152 cm³/mol. The Bertz CT molecular complexity index is 1380. The zero-order chi connectivity index (χ0) is 28.2. The van der Waals surface area contributed by atoms with Crippen molar-refractivity contribution in [1.29, 1.82) is 0 Å². The van der Waals surface area contributed by atoms with Gasteiger partial charge < -0.3 is 24.3 Å². The van der Waals surface area contributed by atoms with E-state index in [0.717, 1.165) is 50.8 Å². The molecule has 6 rings (SSSR count). The number of cyclic esters (lactones) is 1. The van der Waals surface area contributed by atoms with Crippen molar-refractivity contribution in [3.05, 3.63) is 47.5 Å². The summed E-state index contributed by atoms with van der Waals surface area (Å²) in [6, 6.07) is 8.58. The highest BCUT2D eigenvalue weighted by Crippen LogP contribution is 2.36. The number of carbonyl (C=O) groups excluding carboxylic acids is 1. The maximum atomic E-state index is 13.7. The van der Waals surface area contributed by atoms with Crippen LogP contribution >= 0.6 is 11.6 Å². The summed E-state index contributed by atoms with van der Waals surface area (Å²) in [5.74, 6) is 1.13. The summed E-state index contributed by atoms with van der Waals surface area (Å²) in [6.45, 7) is 6.02. The predicted octanol–water partition coefficient (Wildman–Crippen LogP) is 4.04. The summed E-state index contributed by atoms with van der Waals surface area (Å²) in [7, 11) is 0. The Morgan fingerprint density at radius 2 is 1.95 bits per heavy atom. The number of anilines is 2. The van der Waals surface area contributed by atoms with Gasteiger partial charge in [0, 0.05) is 42.7 Å². The largest absolute Gasteiger partial charge is 0.488 e. The van der Waals surface area contributed by atoms with Crippen LogP contribution in [0.25, 0.3) is 10.9 Å². The Balaban J connectivity index is 1.15. The molecular weight excluding hydrogens is 553 g/mol. The van der Waals surface area contributed by atoms with Crippen LogP contribution < -0.4 is 14.8 Å². The maximum absolute atomic E-state index is 13.7. The van der Waals surface area contributed by atoms with Gasteiger partial charge in [0.15, 0.2) is 11.5 Å². The van der Waals surface area contributed by atoms with Gasteiger partial charge >= 0.3 is 5.97 Å². The van der Waals surface area contributed by atoms with Crippen molar-refractivity contribution < 1.29 is 28.1 Å². The normalized spacial score (nSPS) is 20.7. The minimum Gasteiger partial charge on any atom is -0.488 e. The topological polar surface area (TPSA) is 98.3 Å². The molecule has 3 aliphatic heterocycles. The molecular formula is C29H33ClFN5O5. The van der Waals surface area contributed by atoms with Crippen LogP contribution in [-0.4, -0.2) is 97.0 Å². The van der Waals surface area contributed by atoms with E-state index in [2.05, 4.69) is 25.1 Å². The number of ether oxygens (including phenoxy) is 4. The average Bonchev–Trinajstić information content (AvgIpc) is 3.49. The molecule has 0 radical (unpaired) electrons. The van der Waals surface area contributed by atoms with Crippen molar-refractivity contribution in [2.24, 2.45) is 0 Å². The lowest BCUT2D eigenvalue weighted by Crippen LogP contribution is -2.50. The second-order valence-corrected chi connectivity index (χ2v) is 10.9. The highest BCUT2D eigenvalue weighted by atomic mass is 35.5. The van der Waals surface area contributed by atoms with Crippen molar-refractivity contribution in [3.63, 3.8) is 0 Å². The third-order valence-corrected chi connectivity index (χ3v) is 8.07. The van der Waals surface area contributed by atoms with Gasteiger partial charge in [0.2, 0.25) is 0 Å². The number of hydrogen-bond donors (Lipinski definition) is 1. The van der Waals surface area contributed by atoms with E-state index in [4.69, 9.17) is 30.5 Å². The van der Waals surface area contributed by atoms with Crippen molar-refractivity contribution in [2.75, 3.05) is 64.5 Å². The molecule has 1 atom stereocenters. The summed E-state index contributed by atoms with van der Waals surface area (Å²) in [5, 5.41) is 3.97. The van der Waals surface area contributed by atoms with Crippen molar-refractivity contribution >= 4 is 40.0 Å². The highest BCUT2D eigenvalue weighted by molar-refractivity contribution is 6.31. The van der Waals surface area contributed by atoms with E-state index >= 15 is 0 Å². The van der Waals surface area contributed by atoms with E-state index < -0.39 is 5.82 Å². The van der Waals surface area contributed by atoms with Gasteiger partial charge in [-0.25, -0.2) is 14.4 Å². The maximum Gasteiger partial charge on any atom is 0.320 e. The molecule has 4 heterocycles. The standard InChI is InChI=1S/C29H33ClFN5O5/c30-23-13-19(1-2-24(23)31)34-29-22-14-26(27(15-25(22)32-18-33-29)41-21-5-10-38-17-21)39-11-8-35-6-3-20(4-7-35)36-9-12-40-28(37)16-36/h1-2,13-15,18,20-21H,3-12,16-17H2,(H,32,33,34)/t21-/m1/s1. The lowest BCUT2D eigenvalue weighted by Gasteiger charge is -2.39. The Morgan fingerprint density at radius 1 is 1.07 bits per heavy atom. The number of halogens is 2. The number of benzene rings is 2. The van der Waals surface area contributed by atoms with Gasteiger partial charge in [0.25, 0.3) is 0 Å². The summed E-state index contributed by atoms with van der Waals surface area (Å²) >= 11 is 5.98. The van der Waals surface area contributed by atoms with Crippen molar-refractivity contribution in [1.82, 2.24) is 19.8 Å². The van der Waals surface area contributed by atoms with Gasteiger partial charge in [-0.1, -0.05) is 11.6 Å². The van der Waals surface area contributed by atoms with Crippen LogP contribution in [0.2, 0.25) is 5.02 Å². The number of esters is 1. The van der Waals surface area contributed by atoms with E-state index in [1.165, 1.54) is 18.5 Å². The minimum atomic E-state index is -0.487. The summed E-state index contributed by atoms with van der Waals surface area (Å²) in [6.07, 6.45) is 4.25. The first kappa shape index (κ1) is 27.9. The number of nitrogens with one attached hydrogen (secondary N) is 1. The molecule has 0 amide bonds. The molecule has 0 saturated carbocycles. The van der Waals surface area contributed by atoms with Crippen LogP contribution in [0.15, 0.2) is 36.7 Å². The first-order valence-corrected chi connectivity index (χ1v) is 14.4. The lowest BCUT2D eigenvalue weighted by molar-refractivity contribution is -0.152. The molecule has 0 aliphatic carbocycles. The Labute approximate surface area is 242 Å². The lowest BCUT2D eigenvalue weighted by atomic mass is 10.0. The zero-order valence-corrected chi connectivity index (χ0v) is 23.4. The number of rotatable bonds is 9. The van der Waals surface area contributed by atoms with Crippen LogP contribution in [0.4, 0.5) is 15.9 Å². The fourth-order valence-electron chi connectivity index (χ4n) is 5.54. The third kappa shape index (κ3) is 6.81. The molecule has 10 nitrogen and oxygen atoms in total. The molecule has 2 aromatic carbocycles. The van der Waals surface area contributed by atoms with E-state index in [9.17, 15) is 9.18 Å². The molecule has 3 saturated heterocycles. The average molecular weight is 586 g/mol. The second-order valence-electron chi connectivity index (χ2n) is 10.5. The third-order valence-electron chi connectivity index (χ3n) is 7.78. The minimum absolute atomic E-state index is 0.0225. The molecule has 12 heteroatoms. The SMILES string of the molecule is O=C1CN(C2CCN(CCOc3cc4c(Nc5ccc(F)c(Cl)c5)ncnc4cc3O[C@@H]3CCOC3)CC2)CCO1. The van der Waals surface area contributed by atoms with E-state index in [1.807, 2.05) is 12.1 Å². The number of nitrogens with zero attached hydrogens (tertiary/aromatic N) is 4. The number of likely N-dealkylation sites (tertiary alicyclic amines) is 1. The monoisotopic (exact) mass is 585 g/mol. The first-order valence-electron chi connectivity index (χ1n) is 14.0. The molecule has 0 spiro atoms. The smallest absolute Gasteiger partial charge is 0.320 e. The number of carbonyl (C=O) groups is 1. The van der Waals surface area contributed by atoms with Crippen LogP contribution in [0.3, 0.4) is 0 Å². The highest BCUT2D eigenvalue weighted by Gasteiger charge is 2.29. The summed E-state index contributed by atoms with van der Waals surface area (Å²) in [5.41, 5.74) is 1.28. The molecule has 3 aliphatic rings. The Hall–Kier alpha value is -3.25. The summed E-state index contributed by atoms with van der Waals surface area (Å²) in [4.78, 5) is 25.2. The molecule has 1 N–H and O–H groups in total. The van der Waals surface area contributed by atoms with Gasteiger partial charge in [-0.2, -0.15) is 0 Å². The number of aromatic nitrogens is 2. The second kappa shape index (κ2) is 12.7. The molecule has 1 aromatic heterocycles. The van der Waals surface area contributed by atoms with Crippen molar-refractivity contribution in [2.45, 2.75) is 31.4 Å². The number of fused-ring (bicyclic) bond motifs is 1. The first-order chi connectivity index (χ1) is 20.0. The molecule has 0 bridgehead atoms. The van der Waals surface area contributed by atoms with Crippen LogP contribution in [0.5, 0.6) is 11.5 Å².